The number of hydrogen-bond donors (Lipinski definition) is 1. The van der Waals surface area contributed by atoms with Crippen LogP contribution >= 0.6 is 0 Å². The molecular weight excluding hydrogens is 250 g/mol. The molecule has 0 aromatic carbocycles. The summed E-state index contributed by atoms with van der Waals surface area (Å²) in [5.41, 5.74) is 6.28. The van der Waals surface area contributed by atoms with E-state index < -0.39 is 10.0 Å². The van der Waals surface area contributed by atoms with Gasteiger partial charge in [0.1, 0.15) is 0 Å². The molecule has 0 aliphatic heterocycles. The summed E-state index contributed by atoms with van der Waals surface area (Å²) in [5, 5.41) is 0.0850. The Morgan fingerprint density at radius 3 is 2.44 bits per heavy atom. The quantitative estimate of drug-likeness (QED) is 0.847. The SMILES string of the molecule is CCCN(C(C)C)S(=O)(=O)c1ccc(CN)cn1. The first-order valence-electron chi connectivity index (χ1n) is 6.10. The Labute approximate surface area is 109 Å². The lowest BCUT2D eigenvalue weighted by Gasteiger charge is -2.24. The fourth-order valence-electron chi connectivity index (χ4n) is 1.68. The number of nitrogens with two attached hydrogens (primary N) is 1. The molecule has 1 aromatic rings. The second kappa shape index (κ2) is 6.26. The van der Waals surface area contributed by atoms with Gasteiger partial charge in [-0.1, -0.05) is 13.0 Å². The summed E-state index contributed by atoms with van der Waals surface area (Å²) in [7, 11) is -3.51. The standard InChI is InChI=1S/C12H21N3O2S/c1-4-7-15(10(2)3)18(16,17)12-6-5-11(8-13)9-14-12/h5-6,9-10H,4,7-8,13H2,1-3H3. The molecule has 0 fully saturated rings. The van der Waals surface area contributed by atoms with Gasteiger partial charge in [0, 0.05) is 25.3 Å². The summed E-state index contributed by atoms with van der Waals surface area (Å²) in [6, 6.07) is 3.14. The zero-order valence-electron chi connectivity index (χ0n) is 11.1. The minimum Gasteiger partial charge on any atom is -0.326 e. The molecule has 0 unspecified atom stereocenters. The maximum atomic E-state index is 12.4. The van der Waals surface area contributed by atoms with Crippen molar-refractivity contribution < 1.29 is 8.42 Å². The second-order valence-electron chi connectivity index (χ2n) is 4.42. The number of sulfonamides is 1. The molecular formula is C12H21N3O2S. The number of nitrogens with zero attached hydrogens (tertiary/aromatic N) is 2. The van der Waals surface area contributed by atoms with E-state index in [1.54, 1.807) is 6.07 Å². The van der Waals surface area contributed by atoms with E-state index in [2.05, 4.69) is 4.98 Å². The lowest BCUT2D eigenvalue weighted by Crippen LogP contribution is -2.37. The summed E-state index contributed by atoms with van der Waals surface area (Å²) in [4.78, 5) is 4.00. The van der Waals surface area contributed by atoms with Gasteiger partial charge in [0.15, 0.2) is 5.03 Å². The van der Waals surface area contributed by atoms with Gasteiger partial charge in [0.05, 0.1) is 0 Å². The van der Waals surface area contributed by atoms with E-state index >= 15 is 0 Å². The van der Waals surface area contributed by atoms with E-state index in [0.717, 1.165) is 12.0 Å². The van der Waals surface area contributed by atoms with Crippen LogP contribution in [-0.2, 0) is 16.6 Å². The zero-order chi connectivity index (χ0) is 13.8. The van der Waals surface area contributed by atoms with Crippen molar-refractivity contribution in [2.45, 2.75) is 44.8 Å². The molecule has 0 atom stereocenters. The van der Waals surface area contributed by atoms with Crippen LogP contribution in [0.15, 0.2) is 23.4 Å². The first kappa shape index (κ1) is 15.1. The van der Waals surface area contributed by atoms with E-state index in [1.165, 1.54) is 16.6 Å². The van der Waals surface area contributed by atoms with Crippen LogP contribution in [0, 0.1) is 0 Å². The molecule has 0 bridgehead atoms. The highest BCUT2D eigenvalue weighted by Gasteiger charge is 2.27. The lowest BCUT2D eigenvalue weighted by molar-refractivity contribution is 0.352. The van der Waals surface area contributed by atoms with Crippen molar-refractivity contribution in [3.63, 3.8) is 0 Å². The van der Waals surface area contributed by atoms with Gasteiger partial charge in [-0.05, 0) is 31.9 Å². The average Bonchev–Trinajstić information content (AvgIpc) is 2.35. The monoisotopic (exact) mass is 271 g/mol. The normalized spacial score (nSPS) is 12.3. The average molecular weight is 271 g/mol. The third-order valence-electron chi connectivity index (χ3n) is 2.63. The molecule has 2 N–H and O–H groups in total. The molecule has 102 valence electrons. The van der Waals surface area contributed by atoms with Crippen molar-refractivity contribution >= 4 is 10.0 Å². The molecule has 0 amide bonds. The zero-order valence-corrected chi connectivity index (χ0v) is 11.9. The minimum atomic E-state index is -3.51. The highest BCUT2D eigenvalue weighted by atomic mass is 32.2. The van der Waals surface area contributed by atoms with E-state index in [1.807, 2.05) is 20.8 Å². The van der Waals surface area contributed by atoms with Gasteiger partial charge in [-0.25, -0.2) is 13.4 Å². The Morgan fingerprint density at radius 2 is 2.06 bits per heavy atom. The number of rotatable bonds is 6. The van der Waals surface area contributed by atoms with Crippen LogP contribution in [0.25, 0.3) is 0 Å². The van der Waals surface area contributed by atoms with Crippen molar-refractivity contribution in [2.75, 3.05) is 6.54 Å². The number of aromatic nitrogens is 1. The van der Waals surface area contributed by atoms with Crippen molar-refractivity contribution in [1.82, 2.24) is 9.29 Å². The molecule has 0 spiro atoms. The maximum absolute atomic E-state index is 12.4. The predicted octanol–water partition coefficient (Wildman–Crippen LogP) is 1.35. The van der Waals surface area contributed by atoms with Crippen molar-refractivity contribution in [3.8, 4) is 0 Å². The van der Waals surface area contributed by atoms with Crippen LogP contribution in [0.3, 0.4) is 0 Å². The fourth-order valence-corrected chi connectivity index (χ4v) is 3.32. The summed E-state index contributed by atoms with van der Waals surface area (Å²) < 4.78 is 26.3. The highest BCUT2D eigenvalue weighted by molar-refractivity contribution is 7.89. The third kappa shape index (κ3) is 3.28. The van der Waals surface area contributed by atoms with Crippen LogP contribution in [0.1, 0.15) is 32.8 Å². The first-order valence-corrected chi connectivity index (χ1v) is 7.54. The summed E-state index contributed by atoms with van der Waals surface area (Å²) in [5.74, 6) is 0. The van der Waals surface area contributed by atoms with Crippen LogP contribution in [0.4, 0.5) is 0 Å². The molecule has 6 heteroatoms. The van der Waals surface area contributed by atoms with Crippen LogP contribution < -0.4 is 5.73 Å². The number of hydrogen-bond acceptors (Lipinski definition) is 4. The Balaban J connectivity index is 3.09. The molecule has 0 radical (unpaired) electrons. The van der Waals surface area contributed by atoms with Gasteiger partial charge in [-0.3, -0.25) is 0 Å². The molecule has 0 saturated heterocycles. The maximum Gasteiger partial charge on any atom is 0.260 e. The third-order valence-corrected chi connectivity index (χ3v) is 4.62. The Hall–Kier alpha value is -0.980. The molecule has 1 heterocycles. The minimum absolute atomic E-state index is 0.0778. The Bertz CT molecular complexity index is 469. The summed E-state index contributed by atoms with van der Waals surface area (Å²) in [6.45, 7) is 6.54. The Morgan fingerprint density at radius 1 is 1.39 bits per heavy atom. The Kier molecular flexibility index (Phi) is 5.25. The van der Waals surface area contributed by atoms with Gasteiger partial charge in [0.2, 0.25) is 0 Å². The largest absolute Gasteiger partial charge is 0.326 e. The molecule has 18 heavy (non-hydrogen) atoms. The molecule has 0 saturated carbocycles. The topological polar surface area (TPSA) is 76.3 Å². The molecule has 1 rings (SSSR count). The first-order chi connectivity index (χ1) is 8.43. The van der Waals surface area contributed by atoms with Gasteiger partial charge in [0.25, 0.3) is 10.0 Å². The molecule has 0 aliphatic carbocycles. The summed E-state index contributed by atoms with van der Waals surface area (Å²) in [6.07, 6.45) is 2.29. The highest BCUT2D eigenvalue weighted by Crippen LogP contribution is 2.16. The van der Waals surface area contributed by atoms with Crippen molar-refractivity contribution in [2.24, 2.45) is 5.73 Å². The van der Waals surface area contributed by atoms with Gasteiger partial charge in [-0.2, -0.15) is 4.31 Å². The van der Waals surface area contributed by atoms with Crippen molar-refractivity contribution in [3.05, 3.63) is 23.9 Å². The van der Waals surface area contributed by atoms with E-state index in [-0.39, 0.29) is 11.1 Å². The second-order valence-corrected chi connectivity index (χ2v) is 6.26. The van der Waals surface area contributed by atoms with E-state index in [4.69, 9.17) is 5.73 Å². The van der Waals surface area contributed by atoms with Crippen LogP contribution in [0.2, 0.25) is 0 Å². The van der Waals surface area contributed by atoms with Gasteiger partial charge in [-0.15, -0.1) is 0 Å². The van der Waals surface area contributed by atoms with Gasteiger partial charge < -0.3 is 5.73 Å². The summed E-state index contributed by atoms with van der Waals surface area (Å²) >= 11 is 0. The predicted molar refractivity (Wildman–Crippen MR) is 71.4 cm³/mol. The van der Waals surface area contributed by atoms with Crippen LogP contribution in [-0.4, -0.2) is 30.3 Å². The van der Waals surface area contributed by atoms with Crippen LogP contribution in [0.5, 0.6) is 0 Å². The van der Waals surface area contributed by atoms with E-state index in [0.29, 0.717) is 13.1 Å². The molecule has 1 aromatic heterocycles. The number of pyridine rings is 1. The molecule has 5 nitrogen and oxygen atoms in total. The smallest absolute Gasteiger partial charge is 0.260 e. The van der Waals surface area contributed by atoms with E-state index in [9.17, 15) is 8.42 Å². The van der Waals surface area contributed by atoms with Gasteiger partial charge >= 0.3 is 0 Å². The molecule has 0 aliphatic rings. The van der Waals surface area contributed by atoms with Crippen molar-refractivity contribution in [1.29, 1.82) is 0 Å². The fraction of sp³-hybridized carbons (Fsp3) is 0.583. The lowest BCUT2D eigenvalue weighted by atomic mass is 10.3.